The number of nitrogens with zero attached hydrogens (tertiary/aromatic N) is 2. The summed E-state index contributed by atoms with van der Waals surface area (Å²) in [6.45, 7) is 1.71. The highest BCUT2D eigenvalue weighted by molar-refractivity contribution is 7.12. The van der Waals surface area contributed by atoms with Crippen molar-refractivity contribution in [3.8, 4) is 11.5 Å². The summed E-state index contributed by atoms with van der Waals surface area (Å²) in [6, 6.07) is 9.87. The van der Waals surface area contributed by atoms with E-state index < -0.39 is 5.97 Å². The van der Waals surface area contributed by atoms with Crippen molar-refractivity contribution in [3.63, 3.8) is 0 Å². The average Bonchev–Trinajstić information content (AvgIpc) is 3.17. The van der Waals surface area contributed by atoms with Crippen molar-refractivity contribution in [3.05, 3.63) is 68.3 Å². The van der Waals surface area contributed by atoms with Crippen LogP contribution >= 0.6 is 11.3 Å². The van der Waals surface area contributed by atoms with E-state index in [1.165, 1.54) is 30.7 Å². The number of esters is 1. The Morgan fingerprint density at radius 2 is 2.15 bits per heavy atom. The SMILES string of the molecule is COc1cc(C=NNc2nc(C)cc(=O)[nH]2)ccc1OC(=O)c1cccs1. The zero-order valence-corrected chi connectivity index (χ0v) is 15.4. The van der Waals surface area contributed by atoms with Crippen LogP contribution in [0.3, 0.4) is 0 Å². The number of hydrogen-bond acceptors (Lipinski definition) is 8. The molecule has 0 atom stereocenters. The number of hydrazone groups is 1. The maximum absolute atomic E-state index is 12.1. The molecule has 2 heterocycles. The topological polar surface area (TPSA) is 106 Å². The number of carbonyl (C=O) groups excluding carboxylic acids is 1. The van der Waals surface area contributed by atoms with Crippen LogP contribution in [-0.4, -0.2) is 29.3 Å². The fourth-order valence-corrected chi connectivity index (χ4v) is 2.79. The molecule has 9 heteroatoms. The lowest BCUT2D eigenvalue weighted by atomic mass is 10.2. The highest BCUT2D eigenvalue weighted by atomic mass is 32.1. The number of hydrogen-bond donors (Lipinski definition) is 2. The average molecular weight is 384 g/mol. The Balaban J connectivity index is 1.71. The molecule has 0 amide bonds. The monoisotopic (exact) mass is 384 g/mol. The van der Waals surface area contributed by atoms with Gasteiger partial charge >= 0.3 is 5.97 Å². The molecule has 3 rings (SSSR count). The normalized spacial score (nSPS) is 10.7. The summed E-state index contributed by atoms with van der Waals surface area (Å²) in [4.78, 5) is 30.6. The number of H-pyrrole nitrogens is 1. The molecule has 8 nitrogen and oxygen atoms in total. The van der Waals surface area contributed by atoms with Gasteiger partial charge in [0.05, 0.1) is 13.3 Å². The summed E-state index contributed by atoms with van der Waals surface area (Å²) in [5.41, 5.74) is 3.67. The van der Waals surface area contributed by atoms with E-state index in [1.54, 1.807) is 42.6 Å². The summed E-state index contributed by atoms with van der Waals surface area (Å²) in [5, 5.41) is 5.83. The minimum atomic E-state index is -0.444. The molecule has 27 heavy (non-hydrogen) atoms. The largest absolute Gasteiger partial charge is 0.493 e. The fraction of sp³-hybridized carbons (Fsp3) is 0.111. The summed E-state index contributed by atoms with van der Waals surface area (Å²) in [7, 11) is 1.48. The Bertz CT molecular complexity index is 1030. The number of nitrogens with one attached hydrogen (secondary N) is 2. The lowest BCUT2D eigenvalue weighted by Gasteiger charge is -2.09. The number of aromatic amines is 1. The second-order valence-electron chi connectivity index (χ2n) is 5.38. The van der Waals surface area contributed by atoms with Crippen molar-refractivity contribution in [2.75, 3.05) is 12.5 Å². The third-order valence-electron chi connectivity index (χ3n) is 3.37. The third-order valence-corrected chi connectivity index (χ3v) is 4.22. The van der Waals surface area contributed by atoms with Gasteiger partial charge in [0.2, 0.25) is 5.95 Å². The number of methoxy groups -OCH3 is 1. The van der Waals surface area contributed by atoms with Gasteiger partial charge in [-0.3, -0.25) is 9.78 Å². The van der Waals surface area contributed by atoms with Crippen LogP contribution in [0.5, 0.6) is 11.5 Å². The van der Waals surface area contributed by atoms with Gasteiger partial charge in [0.1, 0.15) is 4.88 Å². The van der Waals surface area contributed by atoms with E-state index in [1.807, 2.05) is 0 Å². The Morgan fingerprint density at radius 1 is 1.30 bits per heavy atom. The van der Waals surface area contributed by atoms with E-state index >= 15 is 0 Å². The number of ether oxygens (including phenoxy) is 2. The molecule has 0 aliphatic carbocycles. The van der Waals surface area contributed by atoms with Crippen molar-refractivity contribution >= 4 is 29.5 Å². The molecule has 2 aromatic heterocycles. The number of carbonyl (C=O) groups is 1. The molecule has 3 aromatic rings. The highest BCUT2D eigenvalue weighted by Crippen LogP contribution is 2.28. The first-order valence-electron chi connectivity index (χ1n) is 7.86. The van der Waals surface area contributed by atoms with Crippen LogP contribution in [-0.2, 0) is 0 Å². The van der Waals surface area contributed by atoms with Gasteiger partial charge in [-0.1, -0.05) is 6.07 Å². The Labute approximate surface area is 158 Å². The summed E-state index contributed by atoms with van der Waals surface area (Å²) < 4.78 is 10.7. The predicted molar refractivity (Wildman–Crippen MR) is 103 cm³/mol. The molecule has 0 bridgehead atoms. The minimum absolute atomic E-state index is 0.240. The quantitative estimate of drug-likeness (QED) is 0.293. The Hall–Kier alpha value is -3.46. The lowest BCUT2D eigenvalue weighted by molar-refractivity contribution is 0.0735. The number of thiophene rings is 1. The first-order chi connectivity index (χ1) is 13.0. The van der Waals surface area contributed by atoms with Gasteiger partial charge in [0.15, 0.2) is 11.5 Å². The van der Waals surface area contributed by atoms with E-state index in [2.05, 4.69) is 20.5 Å². The number of anilines is 1. The van der Waals surface area contributed by atoms with E-state index in [0.717, 1.165) is 0 Å². The molecular formula is C18H16N4O4S. The van der Waals surface area contributed by atoms with Crippen LogP contribution in [0.4, 0.5) is 5.95 Å². The smallest absolute Gasteiger partial charge is 0.353 e. The van der Waals surface area contributed by atoms with Crippen LogP contribution in [0.15, 0.2) is 51.7 Å². The second kappa shape index (κ2) is 8.28. The van der Waals surface area contributed by atoms with Crippen LogP contribution in [0.25, 0.3) is 0 Å². The van der Waals surface area contributed by atoms with E-state index in [9.17, 15) is 9.59 Å². The van der Waals surface area contributed by atoms with E-state index in [4.69, 9.17) is 9.47 Å². The molecule has 0 saturated heterocycles. The molecule has 1 aromatic carbocycles. The second-order valence-corrected chi connectivity index (χ2v) is 6.33. The van der Waals surface area contributed by atoms with Gasteiger partial charge in [-0.2, -0.15) is 5.10 Å². The molecule has 138 valence electrons. The highest BCUT2D eigenvalue weighted by Gasteiger charge is 2.13. The predicted octanol–water partition coefficient (Wildman–Crippen LogP) is 2.81. The lowest BCUT2D eigenvalue weighted by Crippen LogP contribution is -2.10. The van der Waals surface area contributed by atoms with Crippen LogP contribution in [0, 0.1) is 6.92 Å². The zero-order chi connectivity index (χ0) is 19.2. The van der Waals surface area contributed by atoms with E-state index in [-0.39, 0.29) is 11.5 Å². The Morgan fingerprint density at radius 3 is 2.85 bits per heavy atom. The maximum Gasteiger partial charge on any atom is 0.353 e. The summed E-state index contributed by atoms with van der Waals surface area (Å²) >= 11 is 1.30. The summed E-state index contributed by atoms with van der Waals surface area (Å²) in [5.74, 6) is 0.502. The van der Waals surface area contributed by atoms with Crippen LogP contribution in [0.2, 0.25) is 0 Å². The molecular weight excluding hydrogens is 368 g/mol. The van der Waals surface area contributed by atoms with Gasteiger partial charge < -0.3 is 9.47 Å². The molecule has 0 saturated carbocycles. The van der Waals surface area contributed by atoms with Gasteiger partial charge in [-0.15, -0.1) is 11.3 Å². The zero-order valence-electron chi connectivity index (χ0n) is 14.6. The Kier molecular flexibility index (Phi) is 5.62. The van der Waals surface area contributed by atoms with Gasteiger partial charge in [0, 0.05) is 11.8 Å². The molecule has 2 N–H and O–H groups in total. The van der Waals surface area contributed by atoms with Crippen molar-refractivity contribution in [1.29, 1.82) is 0 Å². The number of rotatable bonds is 6. The first kappa shape index (κ1) is 18.3. The van der Waals surface area contributed by atoms with Crippen molar-refractivity contribution in [2.24, 2.45) is 5.10 Å². The van der Waals surface area contributed by atoms with Crippen molar-refractivity contribution in [2.45, 2.75) is 6.92 Å². The number of aryl methyl sites for hydroxylation is 1. The molecule has 0 aliphatic rings. The molecule has 0 unspecified atom stereocenters. The number of aromatic nitrogens is 2. The van der Waals surface area contributed by atoms with E-state index in [0.29, 0.717) is 27.6 Å². The molecule has 0 aliphatic heterocycles. The summed E-state index contributed by atoms with van der Waals surface area (Å²) in [6.07, 6.45) is 1.52. The van der Waals surface area contributed by atoms with Gasteiger partial charge in [0.25, 0.3) is 5.56 Å². The minimum Gasteiger partial charge on any atom is -0.493 e. The number of benzene rings is 1. The third kappa shape index (κ3) is 4.79. The molecule has 0 radical (unpaired) electrons. The van der Waals surface area contributed by atoms with Crippen molar-refractivity contribution < 1.29 is 14.3 Å². The van der Waals surface area contributed by atoms with Gasteiger partial charge in [-0.05, 0) is 42.1 Å². The van der Waals surface area contributed by atoms with Crippen LogP contribution < -0.4 is 20.5 Å². The van der Waals surface area contributed by atoms with Crippen molar-refractivity contribution in [1.82, 2.24) is 9.97 Å². The van der Waals surface area contributed by atoms with Gasteiger partial charge in [-0.25, -0.2) is 15.2 Å². The first-order valence-corrected chi connectivity index (χ1v) is 8.74. The maximum atomic E-state index is 12.1. The fourth-order valence-electron chi connectivity index (χ4n) is 2.19. The molecule has 0 spiro atoms. The standard InChI is InChI=1S/C18H16N4O4S/c1-11-8-16(23)21-18(20-11)22-19-10-12-5-6-13(14(9-12)25-2)26-17(24)15-4-3-7-27-15/h3-10H,1-2H3,(H2,20,21,22,23). The van der Waals surface area contributed by atoms with Crippen LogP contribution in [0.1, 0.15) is 20.9 Å². The molecule has 0 fully saturated rings.